The summed E-state index contributed by atoms with van der Waals surface area (Å²) in [5.74, 6) is 2.10. The molecule has 2 rings (SSSR count). The second kappa shape index (κ2) is 4.85. The Morgan fingerprint density at radius 3 is 2.35 bits per heavy atom. The largest absolute Gasteiger partial charge is 0.463 e. The molecule has 0 amide bonds. The predicted molar refractivity (Wildman–Crippen MR) is 68.9 cm³/mol. The van der Waals surface area contributed by atoms with Crippen molar-refractivity contribution in [1.29, 1.82) is 0 Å². The van der Waals surface area contributed by atoms with Crippen LogP contribution in [0.25, 0.3) is 0 Å². The maximum atomic E-state index is 10.3. The molecule has 1 aromatic rings. The van der Waals surface area contributed by atoms with Crippen molar-refractivity contribution in [2.45, 2.75) is 64.4 Å². The first-order valence-electron chi connectivity index (χ1n) is 6.77. The van der Waals surface area contributed by atoms with Crippen molar-refractivity contribution in [3.8, 4) is 0 Å². The summed E-state index contributed by atoms with van der Waals surface area (Å²) in [5.41, 5.74) is 0.0184. The molecule has 0 aliphatic heterocycles. The summed E-state index contributed by atoms with van der Waals surface area (Å²) < 4.78 is 5.81. The zero-order chi connectivity index (χ0) is 12.5. The summed E-state index contributed by atoms with van der Waals surface area (Å²) in [4.78, 5) is 0. The minimum Gasteiger partial charge on any atom is -0.463 e. The maximum absolute atomic E-state index is 10.3. The van der Waals surface area contributed by atoms with E-state index >= 15 is 0 Å². The van der Waals surface area contributed by atoms with Crippen molar-refractivity contribution in [2.24, 2.45) is 5.92 Å². The van der Waals surface area contributed by atoms with Crippen molar-refractivity contribution < 1.29 is 9.52 Å². The molecule has 1 fully saturated rings. The van der Waals surface area contributed by atoms with Gasteiger partial charge in [0.2, 0.25) is 0 Å². The Bertz CT molecular complexity index is 353. The third-order valence-corrected chi connectivity index (χ3v) is 3.75. The Morgan fingerprint density at radius 2 is 1.82 bits per heavy atom. The fourth-order valence-electron chi connectivity index (χ4n) is 2.60. The highest BCUT2D eigenvalue weighted by Crippen LogP contribution is 2.36. The van der Waals surface area contributed by atoms with Gasteiger partial charge in [-0.05, 0) is 30.9 Å². The van der Waals surface area contributed by atoms with Gasteiger partial charge in [-0.2, -0.15) is 0 Å². The van der Waals surface area contributed by atoms with E-state index in [9.17, 15) is 5.11 Å². The molecule has 2 nitrogen and oxygen atoms in total. The quantitative estimate of drug-likeness (QED) is 0.835. The van der Waals surface area contributed by atoms with Crippen LogP contribution >= 0.6 is 0 Å². The summed E-state index contributed by atoms with van der Waals surface area (Å²) >= 11 is 0. The van der Waals surface area contributed by atoms with Crippen LogP contribution in [-0.2, 0) is 5.41 Å². The minimum absolute atomic E-state index is 0.0184. The molecule has 1 N–H and O–H groups in total. The highest BCUT2D eigenvalue weighted by Gasteiger charge is 2.27. The molecule has 1 aliphatic rings. The number of hydrogen-bond acceptors (Lipinski definition) is 2. The second-order valence-corrected chi connectivity index (χ2v) is 6.29. The van der Waals surface area contributed by atoms with Gasteiger partial charge < -0.3 is 9.52 Å². The molecule has 2 heteroatoms. The normalized spacial score (nSPS) is 20.5. The Balaban J connectivity index is 2.08. The molecular formula is C15H24O2. The standard InChI is InChI=1S/C15H24O2/c1-15(2,3)13-10-9-12(17-13)14(16)11-7-5-4-6-8-11/h9-11,14,16H,4-8H2,1-3H3/t14-/m1/s1. The lowest BCUT2D eigenvalue weighted by atomic mass is 9.84. The van der Waals surface area contributed by atoms with Gasteiger partial charge in [0.1, 0.15) is 17.6 Å². The second-order valence-electron chi connectivity index (χ2n) is 6.29. The van der Waals surface area contributed by atoms with Crippen LogP contribution in [0, 0.1) is 5.92 Å². The van der Waals surface area contributed by atoms with E-state index in [-0.39, 0.29) is 5.41 Å². The van der Waals surface area contributed by atoms with Crippen LogP contribution in [0.4, 0.5) is 0 Å². The van der Waals surface area contributed by atoms with Crippen LogP contribution in [0.1, 0.15) is 70.5 Å². The Morgan fingerprint density at radius 1 is 1.18 bits per heavy atom. The zero-order valence-electron chi connectivity index (χ0n) is 11.2. The van der Waals surface area contributed by atoms with E-state index in [1.54, 1.807) is 0 Å². The first-order chi connectivity index (χ1) is 7.98. The van der Waals surface area contributed by atoms with Gasteiger partial charge in [-0.3, -0.25) is 0 Å². The van der Waals surface area contributed by atoms with E-state index < -0.39 is 6.10 Å². The summed E-state index contributed by atoms with van der Waals surface area (Å²) in [6, 6.07) is 3.95. The van der Waals surface area contributed by atoms with Gasteiger partial charge in [-0.1, -0.05) is 40.0 Å². The summed E-state index contributed by atoms with van der Waals surface area (Å²) in [6.07, 6.45) is 5.66. The van der Waals surface area contributed by atoms with Crippen LogP contribution in [-0.4, -0.2) is 5.11 Å². The summed E-state index contributed by atoms with van der Waals surface area (Å²) in [6.45, 7) is 6.38. The average Bonchev–Trinajstić information content (AvgIpc) is 2.78. The predicted octanol–water partition coefficient (Wildman–Crippen LogP) is 4.19. The lowest BCUT2D eigenvalue weighted by Crippen LogP contribution is -2.15. The Hall–Kier alpha value is -0.760. The third kappa shape index (κ3) is 2.92. The molecule has 0 bridgehead atoms. The van der Waals surface area contributed by atoms with Crippen molar-refractivity contribution in [3.05, 3.63) is 23.7 Å². The van der Waals surface area contributed by atoms with Crippen molar-refractivity contribution in [1.82, 2.24) is 0 Å². The van der Waals surface area contributed by atoms with Gasteiger partial charge in [0.05, 0.1) is 0 Å². The molecular weight excluding hydrogens is 212 g/mol. The molecule has 0 radical (unpaired) electrons. The van der Waals surface area contributed by atoms with Crippen LogP contribution in [0.3, 0.4) is 0 Å². The van der Waals surface area contributed by atoms with Crippen LogP contribution in [0.2, 0.25) is 0 Å². The van der Waals surface area contributed by atoms with E-state index in [0.717, 1.165) is 24.4 Å². The smallest absolute Gasteiger partial charge is 0.132 e. The van der Waals surface area contributed by atoms with Gasteiger partial charge in [0.15, 0.2) is 0 Å². The van der Waals surface area contributed by atoms with Crippen molar-refractivity contribution >= 4 is 0 Å². The highest BCUT2D eigenvalue weighted by atomic mass is 16.4. The molecule has 1 aliphatic carbocycles. The van der Waals surface area contributed by atoms with Crippen molar-refractivity contribution in [2.75, 3.05) is 0 Å². The molecule has 1 saturated carbocycles. The molecule has 0 unspecified atom stereocenters. The van der Waals surface area contributed by atoms with Gasteiger partial charge in [-0.15, -0.1) is 0 Å². The molecule has 0 aromatic carbocycles. The minimum atomic E-state index is -0.411. The SMILES string of the molecule is CC(C)(C)c1ccc([C@H](O)C2CCCCC2)o1. The molecule has 1 heterocycles. The van der Waals surface area contributed by atoms with Crippen LogP contribution in [0.15, 0.2) is 16.5 Å². The molecule has 0 spiro atoms. The fourth-order valence-corrected chi connectivity index (χ4v) is 2.60. The summed E-state index contributed by atoms with van der Waals surface area (Å²) in [7, 11) is 0. The van der Waals surface area contributed by atoms with Gasteiger partial charge in [0.25, 0.3) is 0 Å². The number of furan rings is 1. The molecule has 1 aromatic heterocycles. The molecule has 17 heavy (non-hydrogen) atoms. The molecule has 1 atom stereocenters. The third-order valence-electron chi connectivity index (χ3n) is 3.75. The van der Waals surface area contributed by atoms with Crippen LogP contribution in [0.5, 0.6) is 0 Å². The number of hydrogen-bond donors (Lipinski definition) is 1. The Kier molecular flexibility index (Phi) is 3.62. The zero-order valence-corrected chi connectivity index (χ0v) is 11.2. The van der Waals surface area contributed by atoms with E-state index in [1.807, 2.05) is 12.1 Å². The lowest BCUT2D eigenvalue weighted by molar-refractivity contribution is 0.0633. The topological polar surface area (TPSA) is 33.4 Å². The van der Waals surface area contributed by atoms with Crippen LogP contribution < -0.4 is 0 Å². The monoisotopic (exact) mass is 236 g/mol. The number of rotatable bonds is 2. The Labute approximate surface area is 104 Å². The van der Waals surface area contributed by atoms with Crippen molar-refractivity contribution in [3.63, 3.8) is 0 Å². The molecule has 96 valence electrons. The average molecular weight is 236 g/mol. The summed E-state index contributed by atoms with van der Waals surface area (Å²) in [5, 5.41) is 10.3. The van der Waals surface area contributed by atoms with E-state index in [1.165, 1.54) is 19.3 Å². The first-order valence-corrected chi connectivity index (χ1v) is 6.77. The van der Waals surface area contributed by atoms with E-state index in [2.05, 4.69) is 20.8 Å². The first kappa shape index (κ1) is 12.7. The molecule has 0 saturated heterocycles. The highest BCUT2D eigenvalue weighted by molar-refractivity contribution is 5.16. The lowest BCUT2D eigenvalue weighted by Gasteiger charge is -2.25. The number of aliphatic hydroxyl groups is 1. The number of aliphatic hydroxyl groups excluding tert-OH is 1. The van der Waals surface area contributed by atoms with Gasteiger partial charge in [0, 0.05) is 5.41 Å². The van der Waals surface area contributed by atoms with E-state index in [4.69, 9.17) is 4.42 Å². The van der Waals surface area contributed by atoms with E-state index in [0.29, 0.717) is 5.92 Å². The fraction of sp³-hybridized carbons (Fsp3) is 0.733. The van der Waals surface area contributed by atoms with Gasteiger partial charge >= 0.3 is 0 Å². The maximum Gasteiger partial charge on any atom is 0.132 e. The van der Waals surface area contributed by atoms with Gasteiger partial charge in [-0.25, -0.2) is 0 Å².